The Morgan fingerprint density at radius 3 is 2.42 bits per heavy atom. The van der Waals surface area contributed by atoms with Crippen LogP contribution in [-0.4, -0.2) is 42.4 Å². The minimum atomic E-state index is -0.453. The molecule has 4 rings (SSSR count). The molecule has 0 aliphatic carbocycles. The van der Waals surface area contributed by atoms with E-state index in [9.17, 15) is 14.4 Å². The predicted molar refractivity (Wildman–Crippen MR) is 127 cm³/mol. The lowest BCUT2D eigenvalue weighted by Gasteiger charge is -2.32. The molecule has 0 N–H and O–H groups in total. The smallest absolute Gasteiger partial charge is 0.338 e. The summed E-state index contributed by atoms with van der Waals surface area (Å²) in [5.74, 6) is -0.562. The van der Waals surface area contributed by atoms with Crippen LogP contribution in [0.25, 0.3) is 5.57 Å². The van der Waals surface area contributed by atoms with Crippen molar-refractivity contribution in [3.05, 3.63) is 71.4 Å². The summed E-state index contributed by atoms with van der Waals surface area (Å²) in [5, 5.41) is 0. The van der Waals surface area contributed by atoms with Crippen LogP contribution in [0, 0.1) is 5.92 Å². The Balaban J connectivity index is 1.68. The van der Waals surface area contributed by atoms with Gasteiger partial charge in [0, 0.05) is 13.1 Å². The van der Waals surface area contributed by atoms with Gasteiger partial charge in [-0.15, -0.1) is 0 Å². The van der Waals surface area contributed by atoms with Crippen LogP contribution in [0.15, 0.2) is 60.3 Å². The summed E-state index contributed by atoms with van der Waals surface area (Å²) >= 11 is 0. The first-order chi connectivity index (χ1) is 16.0. The highest BCUT2D eigenvalue weighted by molar-refractivity contribution is 6.45. The van der Waals surface area contributed by atoms with E-state index in [0.29, 0.717) is 35.0 Å². The molecule has 0 bridgehead atoms. The number of likely N-dealkylation sites (tertiary alicyclic amines) is 1. The number of rotatable bonds is 7. The van der Waals surface area contributed by atoms with Crippen LogP contribution < -0.4 is 4.90 Å². The van der Waals surface area contributed by atoms with Crippen LogP contribution in [0.3, 0.4) is 0 Å². The second-order valence-corrected chi connectivity index (χ2v) is 8.74. The number of hydrogen-bond acceptors (Lipinski definition) is 5. The van der Waals surface area contributed by atoms with E-state index in [2.05, 4.69) is 6.92 Å². The van der Waals surface area contributed by atoms with Crippen molar-refractivity contribution in [2.24, 2.45) is 5.92 Å². The molecule has 0 aromatic heterocycles. The van der Waals surface area contributed by atoms with Gasteiger partial charge in [0.1, 0.15) is 5.70 Å². The Kier molecular flexibility index (Phi) is 6.92. The summed E-state index contributed by atoms with van der Waals surface area (Å²) in [6, 6.07) is 15.9. The van der Waals surface area contributed by atoms with Gasteiger partial charge in [0.05, 0.1) is 23.4 Å². The Labute approximate surface area is 194 Å². The average molecular weight is 447 g/mol. The largest absolute Gasteiger partial charge is 0.462 e. The molecule has 2 amide bonds. The lowest BCUT2D eigenvalue weighted by Crippen LogP contribution is -2.38. The third-order valence-corrected chi connectivity index (χ3v) is 6.29. The molecule has 2 aromatic carbocycles. The van der Waals surface area contributed by atoms with Crippen molar-refractivity contribution < 1.29 is 19.1 Å². The number of unbranched alkanes of at least 4 members (excludes halogenated alkanes) is 1. The zero-order valence-corrected chi connectivity index (χ0v) is 19.3. The van der Waals surface area contributed by atoms with Crippen LogP contribution >= 0.6 is 0 Å². The van der Waals surface area contributed by atoms with Crippen molar-refractivity contribution in [3.63, 3.8) is 0 Å². The summed E-state index contributed by atoms with van der Waals surface area (Å²) in [6.45, 7) is 6.06. The van der Waals surface area contributed by atoms with Crippen molar-refractivity contribution in [2.75, 3.05) is 24.6 Å². The molecule has 0 saturated carbocycles. The van der Waals surface area contributed by atoms with E-state index in [-0.39, 0.29) is 11.8 Å². The molecule has 6 nitrogen and oxygen atoms in total. The Morgan fingerprint density at radius 2 is 1.73 bits per heavy atom. The van der Waals surface area contributed by atoms with E-state index >= 15 is 0 Å². The first-order valence-corrected chi connectivity index (χ1v) is 11.7. The molecule has 33 heavy (non-hydrogen) atoms. The van der Waals surface area contributed by atoms with Crippen molar-refractivity contribution >= 4 is 29.0 Å². The first-order valence-electron chi connectivity index (χ1n) is 11.7. The summed E-state index contributed by atoms with van der Waals surface area (Å²) in [6.07, 6.45) is 3.67. The van der Waals surface area contributed by atoms with Gasteiger partial charge in [-0.3, -0.25) is 9.59 Å². The quantitative estimate of drug-likeness (QED) is 0.352. The van der Waals surface area contributed by atoms with Crippen molar-refractivity contribution in [2.45, 2.75) is 39.5 Å². The van der Waals surface area contributed by atoms with Gasteiger partial charge in [-0.05, 0) is 48.9 Å². The highest BCUT2D eigenvalue weighted by Crippen LogP contribution is 2.36. The number of benzene rings is 2. The number of carbonyl (C=O) groups excluding carboxylic acids is 3. The molecule has 6 heteroatoms. The van der Waals surface area contributed by atoms with Crippen LogP contribution in [0.4, 0.5) is 5.69 Å². The van der Waals surface area contributed by atoms with Gasteiger partial charge in [-0.1, -0.05) is 56.7 Å². The molecule has 0 atom stereocenters. The number of nitrogens with zero attached hydrogens (tertiary/aromatic N) is 2. The van der Waals surface area contributed by atoms with Crippen molar-refractivity contribution in [3.8, 4) is 0 Å². The van der Waals surface area contributed by atoms with E-state index in [1.54, 1.807) is 24.3 Å². The molecule has 1 fully saturated rings. The number of hydrogen-bond donors (Lipinski definition) is 0. The Bertz CT molecular complexity index is 1070. The molecule has 0 unspecified atom stereocenters. The first kappa shape index (κ1) is 22.8. The minimum absolute atomic E-state index is 0.325. The molecule has 1 saturated heterocycles. The van der Waals surface area contributed by atoms with Gasteiger partial charge >= 0.3 is 5.97 Å². The highest BCUT2D eigenvalue weighted by atomic mass is 16.5. The summed E-state index contributed by atoms with van der Waals surface area (Å²) < 4.78 is 5.31. The monoisotopic (exact) mass is 446 g/mol. The second-order valence-electron chi connectivity index (χ2n) is 8.74. The van der Waals surface area contributed by atoms with Gasteiger partial charge in [0.2, 0.25) is 0 Å². The third kappa shape index (κ3) is 4.70. The molecule has 2 aliphatic rings. The number of anilines is 1. The average Bonchev–Trinajstić information content (AvgIpc) is 3.10. The summed E-state index contributed by atoms with van der Waals surface area (Å²) in [5.41, 5.74) is 2.30. The molecular formula is C27H30N2O4. The van der Waals surface area contributed by atoms with E-state index in [4.69, 9.17) is 4.74 Å². The number of ether oxygens (including phenoxy) is 1. The number of imide groups is 1. The van der Waals surface area contributed by atoms with Crippen LogP contribution in [0.1, 0.15) is 55.5 Å². The fourth-order valence-corrected chi connectivity index (χ4v) is 4.31. The van der Waals surface area contributed by atoms with E-state index in [0.717, 1.165) is 44.3 Å². The van der Waals surface area contributed by atoms with Gasteiger partial charge in [-0.2, -0.15) is 0 Å². The van der Waals surface area contributed by atoms with Crippen LogP contribution in [-0.2, 0) is 14.3 Å². The summed E-state index contributed by atoms with van der Waals surface area (Å²) in [4.78, 5) is 43.0. The van der Waals surface area contributed by atoms with Crippen molar-refractivity contribution in [1.29, 1.82) is 0 Å². The topological polar surface area (TPSA) is 66.9 Å². The normalized spacial score (nSPS) is 17.2. The molecule has 0 radical (unpaired) electrons. The lowest BCUT2D eigenvalue weighted by atomic mass is 9.97. The Morgan fingerprint density at radius 1 is 1.00 bits per heavy atom. The van der Waals surface area contributed by atoms with Crippen LogP contribution in [0.2, 0.25) is 0 Å². The van der Waals surface area contributed by atoms with Crippen LogP contribution in [0.5, 0.6) is 0 Å². The minimum Gasteiger partial charge on any atom is -0.462 e. The van der Waals surface area contributed by atoms with Crippen molar-refractivity contribution in [1.82, 2.24) is 4.90 Å². The highest BCUT2D eigenvalue weighted by Gasteiger charge is 2.43. The molecule has 2 heterocycles. The SMILES string of the molecule is CCCCOC(=O)c1cccc(N2C(=O)C(c3ccccc3)=C(N3CCC(C)CC3)C2=O)c1. The van der Waals surface area contributed by atoms with E-state index in [1.165, 1.54) is 4.90 Å². The van der Waals surface area contributed by atoms with Gasteiger partial charge in [0.25, 0.3) is 11.8 Å². The Hall–Kier alpha value is -3.41. The zero-order chi connectivity index (χ0) is 23.4. The maximum absolute atomic E-state index is 13.7. The second kappa shape index (κ2) is 10.0. The third-order valence-electron chi connectivity index (χ3n) is 6.29. The molecular weight excluding hydrogens is 416 g/mol. The van der Waals surface area contributed by atoms with Gasteiger partial charge < -0.3 is 9.64 Å². The fourth-order valence-electron chi connectivity index (χ4n) is 4.31. The molecule has 172 valence electrons. The summed E-state index contributed by atoms with van der Waals surface area (Å²) in [7, 11) is 0. The zero-order valence-electron chi connectivity index (χ0n) is 19.3. The molecule has 0 spiro atoms. The van der Waals surface area contributed by atoms with E-state index < -0.39 is 5.97 Å². The maximum Gasteiger partial charge on any atom is 0.338 e. The lowest BCUT2D eigenvalue weighted by molar-refractivity contribution is -0.120. The maximum atomic E-state index is 13.7. The van der Waals surface area contributed by atoms with E-state index in [1.807, 2.05) is 42.2 Å². The number of esters is 1. The number of piperidine rings is 1. The fraction of sp³-hybridized carbons (Fsp3) is 0.370. The number of carbonyl (C=O) groups is 3. The number of amides is 2. The standard InChI is InChI=1S/C27H30N2O4/c1-3-4-17-33-27(32)21-11-8-12-22(18-21)29-25(30)23(20-9-6-5-7-10-20)24(26(29)31)28-15-13-19(2)14-16-28/h5-12,18-19H,3-4,13-17H2,1-2H3. The molecule has 2 aromatic rings. The predicted octanol–water partition coefficient (Wildman–Crippen LogP) is 4.66. The van der Waals surface area contributed by atoms with Gasteiger partial charge in [-0.25, -0.2) is 9.69 Å². The van der Waals surface area contributed by atoms with Gasteiger partial charge in [0.15, 0.2) is 0 Å². The molecule has 2 aliphatic heterocycles.